The molecule has 1 fully saturated rings. The highest BCUT2D eigenvalue weighted by atomic mass is 16.5. The Balaban J connectivity index is 1.99. The number of anilines is 1. The Bertz CT molecular complexity index is 439. The predicted octanol–water partition coefficient (Wildman–Crippen LogP) is 2.20. The topological polar surface area (TPSA) is 64.3 Å². The molecular weight excluding hydrogens is 228 g/mol. The Hall–Kier alpha value is -1.71. The molecule has 4 nitrogen and oxygen atoms in total. The summed E-state index contributed by atoms with van der Waals surface area (Å²) in [6.45, 7) is 4.65. The van der Waals surface area contributed by atoms with Crippen LogP contribution in [-0.4, -0.2) is 18.6 Å². The average Bonchev–Trinajstić information content (AvgIpc) is 3.12. The normalized spacial score (nSPS) is 14.6. The van der Waals surface area contributed by atoms with Crippen molar-refractivity contribution in [2.75, 3.05) is 12.3 Å². The minimum absolute atomic E-state index is 0.0651. The van der Waals surface area contributed by atoms with Gasteiger partial charge < -0.3 is 15.8 Å². The molecular formula is C14H20N2O2. The molecule has 0 unspecified atom stereocenters. The molecule has 0 aliphatic heterocycles. The van der Waals surface area contributed by atoms with Crippen molar-refractivity contribution in [3.63, 3.8) is 0 Å². The van der Waals surface area contributed by atoms with E-state index in [4.69, 9.17) is 10.5 Å². The lowest BCUT2D eigenvalue weighted by atomic mass is 10.1. The van der Waals surface area contributed by atoms with Gasteiger partial charge in [-0.2, -0.15) is 0 Å². The van der Waals surface area contributed by atoms with Crippen molar-refractivity contribution in [2.45, 2.75) is 32.8 Å². The molecule has 18 heavy (non-hydrogen) atoms. The number of nitrogens with two attached hydrogens (primary N) is 1. The van der Waals surface area contributed by atoms with E-state index in [2.05, 4.69) is 5.32 Å². The molecule has 1 aliphatic carbocycles. The fourth-order valence-corrected chi connectivity index (χ4v) is 1.71. The molecule has 0 heterocycles. The molecule has 0 atom stereocenters. The molecule has 3 N–H and O–H groups in total. The van der Waals surface area contributed by atoms with Crippen molar-refractivity contribution in [1.82, 2.24) is 5.32 Å². The molecule has 1 amide bonds. The molecule has 0 aromatic heterocycles. The zero-order chi connectivity index (χ0) is 13.1. The van der Waals surface area contributed by atoms with Crippen LogP contribution in [0.1, 0.15) is 37.0 Å². The Morgan fingerprint density at radius 3 is 2.78 bits per heavy atom. The number of rotatable bonds is 5. The second-order valence-corrected chi connectivity index (χ2v) is 5.07. The number of hydrogen-bond acceptors (Lipinski definition) is 3. The number of nitrogens with one attached hydrogen (secondary N) is 1. The highest BCUT2D eigenvalue weighted by Gasteiger charge is 2.22. The SMILES string of the molecule is CC(C)Oc1ccc(C(=O)NCC2CC2)cc1N. The van der Waals surface area contributed by atoms with Gasteiger partial charge in [-0.1, -0.05) is 0 Å². The first kappa shape index (κ1) is 12.7. The van der Waals surface area contributed by atoms with E-state index < -0.39 is 0 Å². The molecule has 1 aliphatic rings. The molecule has 0 bridgehead atoms. The lowest BCUT2D eigenvalue weighted by molar-refractivity contribution is 0.0952. The number of carbonyl (C=O) groups excluding carboxylic acids is 1. The summed E-state index contributed by atoms with van der Waals surface area (Å²) in [4.78, 5) is 11.9. The largest absolute Gasteiger partial charge is 0.489 e. The number of ether oxygens (including phenoxy) is 1. The van der Waals surface area contributed by atoms with Crippen molar-refractivity contribution in [3.8, 4) is 5.75 Å². The van der Waals surface area contributed by atoms with Crippen LogP contribution >= 0.6 is 0 Å². The first-order valence-corrected chi connectivity index (χ1v) is 6.40. The maximum atomic E-state index is 11.9. The van der Waals surface area contributed by atoms with Gasteiger partial charge in [0, 0.05) is 12.1 Å². The van der Waals surface area contributed by atoms with Crippen molar-refractivity contribution < 1.29 is 9.53 Å². The lowest BCUT2D eigenvalue weighted by Gasteiger charge is -2.13. The van der Waals surface area contributed by atoms with E-state index in [0.717, 1.165) is 6.54 Å². The van der Waals surface area contributed by atoms with Crippen LogP contribution in [0.2, 0.25) is 0 Å². The fourth-order valence-electron chi connectivity index (χ4n) is 1.71. The van der Waals surface area contributed by atoms with Crippen LogP contribution in [0.4, 0.5) is 5.69 Å². The summed E-state index contributed by atoms with van der Waals surface area (Å²) in [7, 11) is 0. The summed E-state index contributed by atoms with van der Waals surface area (Å²) in [5.41, 5.74) is 6.96. The van der Waals surface area contributed by atoms with Gasteiger partial charge >= 0.3 is 0 Å². The molecule has 1 aromatic rings. The highest BCUT2D eigenvalue weighted by Crippen LogP contribution is 2.28. The maximum absolute atomic E-state index is 11.9. The first-order valence-electron chi connectivity index (χ1n) is 6.40. The van der Waals surface area contributed by atoms with E-state index in [-0.39, 0.29) is 12.0 Å². The third-order valence-corrected chi connectivity index (χ3v) is 2.88. The zero-order valence-electron chi connectivity index (χ0n) is 10.9. The van der Waals surface area contributed by atoms with Gasteiger partial charge in [-0.05, 0) is 50.8 Å². The van der Waals surface area contributed by atoms with Crippen molar-refractivity contribution in [3.05, 3.63) is 23.8 Å². The van der Waals surface area contributed by atoms with Crippen LogP contribution in [0.3, 0.4) is 0 Å². The molecule has 1 aromatic carbocycles. The van der Waals surface area contributed by atoms with E-state index in [1.807, 2.05) is 13.8 Å². The van der Waals surface area contributed by atoms with Crippen molar-refractivity contribution in [1.29, 1.82) is 0 Å². The number of nitrogen functional groups attached to an aromatic ring is 1. The van der Waals surface area contributed by atoms with E-state index in [1.165, 1.54) is 12.8 Å². The summed E-state index contributed by atoms with van der Waals surface area (Å²) in [6, 6.07) is 5.16. The summed E-state index contributed by atoms with van der Waals surface area (Å²) in [5.74, 6) is 1.24. The molecule has 2 rings (SSSR count). The molecule has 4 heteroatoms. The Labute approximate surface area is 108 Å². The number of amides is 1. The summed E-state index contributed by atoms with van der Waals surface area (Å²) in [5, 5.41) is 2.91. The Kier molecular flexibility index (Phi) is 3.75. The van der Waals surface area contributed by atoms with E-state index in [1.54, 1.807) is 18.2 Å². The molecule has 0 saturated heterocycles. The minimum atomic E-state index is -0.0651. The molecule has 98 valence electrons. The average molecular weight is 248 g/mol. The standard InChI is InChI=1S/C14H20N2O2/c1-9(2)18-13-6-5-11(7-12(13)15)14(17)16-8-10-3-4-10/h5-7,9-10H,3-4,8,15H2,1-2H3,(H,16,17). The number of carbonyl (C=O) groups is 1. The molecule has 0 radical (unpaired) electrons. The van der Waals surface area contributed by atoms with E-state index >= 15 is 0 Å². The van der Waals surface area contributed by atoms with Crippen LogP contribution in [0, 0.1) is 5.92 Å². The van der Waals surface area contributed by atoms with Gasteiger partial charge in [0.25, 0.3) is 5.91 Å². The van der Waals surface area contributed by atoms with Gasteiger partial charge in [0.05, 0.1) is 11.8 Å². The van der Waals surface area contributed by atoms with Crippen LogP contribution in [0.25, 0.3) is 0 Å². The monoisotopic (exact) mass is 248 g/mol. The van der Waals surface area contributed by atoms with Gasteiger partial charge in [-0.25, -0.2) is 0 Å². The van der Waals surface area contributed by atoms with Crippen LogP contribution in [0.15, 0.2) is 18.2 Å². The molecule has 0 spiro atoms. The van der Waals surface area contributed by atoms with Gasteiger partial charge in [-0.15, -0.1) is 0 Å². The van der Waals surface area contributed by atoms with Crippen molar-refractivity contribution >= 4 is 11.6 Å². The van der Waals surface area contributed by atoms with E-state index in [9.17, 15) is 4.79 Å². The first-order chi connectivity index (χ1) is 8.56. The van der Waals surface area contributed by atoms with Gasteiger partial charge in [0.1, 0.15) is 5.75 Å². The van der Waals surface area contributed by atoms with Crippen LogP contribution in [0.5, 0.6) is 5.75 Å². The van der Waals surface area contributed by atoms with Crippen LogP contribution < -0.4 is 15.8 Å². The number of hydrogen-bond donors (Lipinski definition) is 2. The zero-order valence-corrected chi connectivity index (χ0v) is 10.9. The maximum Gasteiger partial charge on any atom is 0.251 e. The Morgan fingerprint density at radius 2 is 2.22 bits per heavy atom. The number of benzene rings is 1. The minimum Gasteiger partial charge on any atom is -0.489 e. The predicted molar refractivity (Wildman–Crippen MR) is 71.7 cm³/mol. The molecule has 1 saturated carbocycles. The van der Waals surface area contributed by atoms with Crippen molar-refractivity contribution in [2.24, 2.45) is 5.92 Å². The Morgan fingerprint density at radius 1 is 1.50 bits per heavy atom. The van der Waals surface area contributed by atoms with Gasteiger partial charge in [-0.3, -0.25) is 4.79 Å². The van der Waals surface area contributed by atoms with Gasteiger partial charge in [0.2, 0.25) is 0 Å². The smallest absolute Gasteiger partial charge is 0.251 e. The second-order valence-electron chi connectivity index (χ2n) is 5.07. The quantitative estimate of drug-likeness (QED) is 0.785. The summed E-state index contributed by atoms with van der Waals surface area (Å²) >= 11 is 0. The summed E-state index contributed by atoms with van der Waals surface area (Å²) in [6.07, 6.45) is 2.52. The van der Waals surface area contributed by atoms with Crippen LogP contribution in [-0.2, 0) is 0 Å². The summed E-state index contributed by atoms with van der Waals surface area (Å²) < 4.78 is 5.53. The third kappa shape index (κ3) is 3.39. The van der Waals surface area contributed by atoms with E-state index in [0.29, 0.717) is 22.9 Å². The fraction of sp³-hybridized carbons (Fsp3) is 0.500. The van der Waals surface area contributed by atoms with Gasteiger partial charge in [0.15, 0.2) is 0 Å². The highest BCUT2D eigenvalue weighted by molar-refractivity contribution is 5.95. The lowest BCUT2D eigenvalue weighted by Crippen LogP contribution is -2.25. The second kappa shape index (κ2) is 5.29. The third-order valence-electron chi connectivity index (χ3n) is 2.88.